The van der Waals surface area contributed by atoms with Crippen LogP contribution >= 0.6 is 11.8 Å². The molecule has 0 aromatic heterocycles. The van der Waals surface area contributed by atoms with E-state index in [0.29, 0.717) is 23.5 Å². The summed E-state index contributed by atoms with van der Waals surface area (Å²) < 4.78 is 18.6. The van der Waals surface area contributed by atoms with E-state index in [4.69, 9.17) is 4.74 Å². The van der Waals surface area contributed by atoms with Crippen LogP contribution in [0, 0.1) is 5.82 Å². The molecule has 36 heavy (non-hydrogen) atoms. The normalized spacial score (nSPS) is 11.4. The van der Waals surface area contributed by atoms with Gasteiger partial charge in [0.25, 0.3) is 5.91 Å². The first-order valence-corrected chi connectivity index (χ1v) is 12.3. The van der Waals surface area contributed by atoms with Gasteiger partial charge in [0.2, 0.25) is 5.91 Å². The van der Waals surface area contributed by atoms with Crippen LogP contribution in [-0.4, -0.2) is 18.4 Å². The molecule has 0 aliphatic carbocycles. The summed E-state index contributed by atoms with van der Waals surface area (Å²) in [6.45, 7) is 2.50. The van der Waals surface area contributed by atoms with Crippen molar-refractivity contribution >= 4 is 35.0 Å². The van der Waals surface area contributed by atoms with E-state index in [-0.39, 0.29) is 11.8 Å². The first kappa shape index (κ1) is 25.0. The molecule has 0 fully saturated rings. The second-order valence-electron chi connectivity index (χ2n) is 7.84. The maximum absolute atomic E-state index is 13.3. The van der Waals surface area contributed by atoms with Gasteiger partial charge in [0.05, 0.1) is 6.61 Å². The number of nitrogens with one attached hydrogen (secondary N) is 2. The molecule has 4 aromatic rings. The molecular weight excluding hydrogens is 475 g/mol. The van der Waals surface area contributed by atoms with Crippen molar-refractivity contribution in [2.45, 2.75) is 17.1 Å². The van der Waals surface area contributed by atoms with Crippen LogP contribution in [0.3, 0.4) is 0 Å². The smallest absolute Gasteiger partial charge is 0.255 e. The Morgan fingerprint density at radius 1 is 0.806 bits per heavy atom. The summed E-state index contributed by atoms with van der Waals surface area (Å²) in [4.78, 5) is 26.5. The fraction of sp³-hybridized carbons (Fsp3) is 0.103. The Labute approximate surface area is 213 Å². The molecule has 2 N–H and O–H groups in total. The fourth-order valence-electron chi connectivity index (χ4n) is 3.47. The molecular formula is C29H25FN2O3S. The van der Waals surface area contributed by atoms with Crippen LogP contribution in [0.2, 0.25) is 0 Å². The zero-order valence-electron chi connectivity index (χ0n) is 19.6. The van der Waals surface area contributed by atoms with Gasteiger partial charge in [-0.15, -0.1) is 11.8 Å². The summed E-state index contributed by atoms with van der Waals surface area (Å²) in [5.41, 5.74) is 2.53. The largest absolute Gasteiger partial charge is 0.494 e. The molecule has 0 spiro atoms. The van der Waals surface area contributed by atoms with E-state index in [9.17, 15) is 14.0 Å². The molecule has 0 radical (unpaired) electrons. The van der Waals surface area contributed by atoms with Gasteiger partial charge in [-0.05, 0) is 85.3 Å². The predicted octanol–water partition coefficient (Wildman–Crippen LogP) is 6.95. The van der Waals surface area contributed by atoms with E-state index in [2.05, 4.69) is 10.6 Å². The fourth-order valence-corrected chi connectivity index (χ4v) is 4.49. The van der Waals surface area contributed by atoms with E-state index in [0.717, 1.165) is 16.2 Å². The highest BCUT2D eigenvalue weighted by atomic mass is 32.2. The maximum atomic E-state index is 13.3. The van der Waals surface area contributed by atoms with Gasteiger partial charge in [-0.3, -0.25) is 9.59 Å². The number of hydrogen-bond acceptors (Lipinski definition) is 4. The van der Waals surface area contributed by atoms with Crippen LogP contribution in [0.1, 0.15) is 28.1 Å². The highest BCUT2D eigenvalue weighted by Crippen LogP contribution is 2.37. The molecule has 0 aliphatic heterocycles. The molecule has 0 aliphatic rings. The SMILES string of the molecule is CCOc1ccc(NC(=O)C(Sc2ccc(NC(=O)c3ccc(F)cc3)cc2)c2ccccc2)cc1. The van der Waals surface area contributed by atoms with Crippen molar-refractivity contribution in [1.82, 2.24) is 0 Å². The third kappa shape index (κ3) is 6.73. The van der Waals surface area contributed by atoms with Crippen LogP contribution in [0.15, 0.2) is 108 Å². The molecule has 0 saturated carbocycles. The predicted molar refractivity (Wildman–Crippen MR) is 142 cm³/mol. The van der Waals surface area contributed by atoms with Crippen LogP contribution in [-0.2, 0) is 4.79 Å². The van der Waals surface area contributed by atoms with E-state index in [1.807, 2.05) is 73.7 Å². The second-order valence-corrected chi connectivity index (χ2v) is 9.02. The Hall–Kier alpha value is -4.10. The number of amides is 2. The van der Waals surface area contributed by atoms with Gasteiger partial charge in [-0.25, -0.2) is 4.39 Å². The minimum Gasteiger partial charge on any atom is -0.494 e. The van der Waals surface area contributed by atoms with E-state index in [1.165, 1.54) is 36.0 Å². The van der Waals surface area contributed by atoms with Gasteiger partial charge >= 0.3 is 0 Å². The summed E-state index contributed by atoms with van der Waals surface area (Å²) in [7, 11) is 0. The first-order valence-electron chi connectivity index (χ1n) is 11.4. The molecule has 4 rings (SSSR count). The highest BCUT2D eigenvalue weighted by Gasteiger charge is 2.22. The number of rotatable bonds is 9. The summed E-state index contributed by atoms with van der Waals surface area (Å²) in [5, 5.41) is 5.30. The lowest BCUT2D eigenvalue weighted by Gasteiger charge is -2.17. The maximum Gasteiger partial charge on any atom is 0.255 e. The topological polar surface area (TPSA) is 67.4 Å². The van der Waals surface area contributed by atoms with Crippen molar-refractivity contribution in [3.8, 4) is 5.75 Å². The summed E-state index contributed by atoms with van der Waals surface area (Å²) in [5.74, 6) is -0.125. The average molecular weight is 501 g/mol. The van der Waals surface area contributed by atoms with E-state index >= 15 is 0 Å². The number of benzene rings is 4. The second kappa shape index (κ2) is 12.0. The molecule has 0 heterocycles. The van der Waals surface area contributed by atoms with E-state index < -0.39 is 11.1 Å². The van der Waals surface area contributed by atoms with Crippen molar-refractivity contribution in [3.63, 3.8) is 0 Å². The first-order chi connectivity index (χ1) is 17.5. The van der Waals surface area contributed by atoms with Gasteiger partial charge in [-0.1, -0.05) is 30.3 Å². The summed E-state index contributed by atoms with van der Waals surface area (Å²) in [6.07, 6.45) is 0. The lowest BCUT2D eigenvalue weighted by Crippen LogP contribution is -2.19. The summed E-state index contributed by atoms with van der Waals surface area (Å²) in [6, 6.07) is 29.4. The Bertz CT molecular complexity index is 1300. The van der Waals surface area contributed by atoms with Crippen LogP contribution in [0.5, 0.6) is 5.75 Å². The zero-order valence-corrected chi connectivity index (χ0v) is 20.4. The van der Waals surface area contributed by atoms with Gasteiger partial charge in [0.1, 0.15) is 16.8 Å². The molecule has 0 bridgehead atoms. The van der Waals surface area contributed by atoms with Crippen molar-refractivity contribution in [2.24, 2.45) is 0 Å². The third-order valence-corrected chi connectivity index (χ3v) is 6.51. The number of thioether (sulfide) groups is 1. The van der Waals surface area contributed by atoms with Crippen molar-refractivity contribution < 1.29 is 18.7 Å². The monoisotopic (exact) mass is 500 g/mol. The zero-order chi connectivity index (χ0) is 25.3. The Morgan fingerprint density at radius 2 is 1.42 bits per heavy atom. The number of anilines is 2. The highest BCUT2D eigenvalue weighted by molar-refractivity contribution is 8.00. The number of carbonyl (C=O) groups excluding carboxylic acids is 2. The van der Waals surface area contributed by atoms with Gasteiger partial charge in [0, 0.05) is 21.8 Å². The molecule has 7 heteroatoms. The lowest BCUT2D eigenvalue weighted by atomic mass is 10.1. The molecule has 4 aromatic carbocycles. The van der Waals surface area contributed by atoms with Crippen LogP contribution < -0.4 is 15.4 Å². The van der Waals surface area contributed by atoms with Gasteiger partial charge in [0.15, 0.2) is 0 Å². The Morgan fingerprint density at radius 3 is 2.06 bits per heavy atom. The number of halogens is 1. The molecule has 182 valence electrons. The standard InChI is InChI=1S/C29H25FN2O3S/c1-2-35-25-16-12-23(13-17-25)32-29(34)27(20-6-4-3-5-7-20)36-26-18-14-24(15-19-26)31-28(33)21-8-10-22(30)11-9-21/h3-19,27H,2H2,1H3,(H,31,33)(H,32,34). The van der Waals surface area contributed by atoms with E-state index in [1.54, 1.807) is 12.1 Å². The van der Waals surface area contributed by atoms with Crippen LogP contribution in [0.4, 0.5) is 15.8 Å². The molecule has 0 saturated heterocycles. The summed E-state index contributed by atoms with van der Waals surface area (Å²) >= 11 is 1.41. The van der Waals surface area contributed by atoms with Crippen molar-refractivity contribution in [2.75, 3.05) is 17.2 Å². The number of ether oxygens (including phenoxy) is 1. The Kier molecular flexibility index (Phi) is 8.36. The van der Waals surface area contributed by atoms with Crippen LogP contribution in [0.25, 0.3) is 0 Å². The molecule has 1 atom stereocenters. The minimum absolute atomic E-state index is 0.149. The average Bonchev–Trinajstić information content (AvgIpc) is 2.90. The van der Waals surface area contributed by atoms with Gasteiger partial charge in [-0.2, -0.15) is 0 Å². The van der Waals surface area contributed by atoms with Crippen molar-refractivity contribution in [1.29, 1.82) is 0 Å². The number of hydrogen-bond donors (Lipinski definition) is 2. The molecule has 2 amide bonds. The number of carbonyl (C=O) groups is 2. The minimum atomic E-state index is -0.488. The van der Waals surface area contributed by atoms with Gasteiger partial charge < -0.3 is 15.4 Å². The van der Waals surface area contributed by atoms with Crippen molar-refractivity contribution in [3.05, 3.63) is 120 Å². The lowest BCUT2D eigenvalue weighted by molar-refractivity contribution is -0.115. The molecule has 1 unspecified atom stereocenters. The molecule has 5 nitrogen and oxygen atoms in total. The Balaban J connectivity index is 1.46. The quantitative estimate of drug-likeness (QED) is 0.244. The third-order valence-electron chi connectivity index (χ3n) is 5.25.